The van der Waals surface area contributed by atoms with E-state index in [-0.39, 0.29) is 23.6 Å². The Labute approximate surface area is 118 Å². The molecule has 2 rings (SSSR count). The normalized spacial score (nSPS) is 11.2. The number of nitrogens with one attached hydrogen (secondary N) is 1. The summed E-state index contributed by atoms with van der Waals surface area (Å²) in [5.41, 5.74) is -0.591. The molecule has 0 aliphatic rings. The van der Waals surface area contributed by atoms with Crippen LogP contribution >= 0.6 is 0 Å². The van der Waals surface area contributed by atoms with Crippen LogP contribution in [-0.2, 0) is 17.4 Å². The molecule has 0 saturated carbocycles. The zero-order valence-corrected chi connectivity index (χ0v) is 10.7. The van der Waals surface area contributed by atoms with E-state index in [1.165, 1.54) is 30.5 Å². The first-order chi connectivity index (χ1) is 9.86. The highest BCUT2D eigenvalue weighted by molar-refractivity contribution is 5.92. The minimum atomic E-state index is -4.45. The summed E-state index contributed by atoms with van der Waals surface area (Å²) in [5.74, 6) is -0.812. The molecule has 1 amide bonds. The molecule has 4 nitrogen and oxygen atoms in total. The minimum absolute atomic E-state index is 0.0329. The summed E-state index contributed by atoms with van der Waals surface area (Å²) in [7, 11) is 0. The molecule has 0 unspecified atom stereocenters. The third kappa shape index (κ3) is 3.95. The number of anilines is 1. The molecule has 0 spiro atoms. The Morgan fingerprint density at radius 1 is 1.24 bits per heavy atom. The van der Waals surface area contributed by atoms with E-state index in [1.807, 2.05) is 0 Å². The van der Waals surface area contributed by atoms with Gasteiger partial charge in [0.05, 0.1) is 12.0 Å². The van der Waals surface area contributed by atoms with Crippen LogP contribution in [0.15, 0.2) is 42.6 Å². The number of carbonyl (C=O) groups excluding carboxylic acids is 1. The quantitative estimate of drug-likeness (QED) is 0.915. The van der Waals surface area contributed by atoms with Crippen LogP contribution in [0.25, 0.3) is 0 Å². The zero-order chi connectivity index (χ0) is 15.5. The number of aromatic hydroxyl groups is 1. The van der Waals surface area contributed by atoms with Crippen molar-refractivity contribution < 1.29 is 23.1 Å². The van der Waals surface area contributed by atoms with E-state index in [2.05, 4.69) is 10.3 Å². The molecule has 0 bridgehead atoms. The largest absolute Gasteiger partial charge is 0.504 e. The number of hydrogen-bond donors (Lipinski definition) is 2. The molecule has 1 aromatic heterocycles. The first-order valence-corrected chi connectivity index (χ1v) is 5.96. The van der Waals surface area contributed by atoms with E-state index in [1.54, 1.807) is 0 Å². The molecule has 0 radical (unpaired) electrons. The average Bonchev–Trinajstić information content (AvgIpc) is 2.41. The molecule has 1 aromatic carbocycles. The monoisotopic (exact) mass is 296 g/mol. The third-order valence-electron chi connectivity index (χ3n) is 2.66. The Balaban J connectivity index is 2.08. The van der Waals surface area contributed by atoms with Gasteiger partial charge in [-0.05, 0) is 23.8 Å². The molecule has 0 atom stereocenters. The van der Waals surface area contributed by atoms with Crippen LogP contribution in [0.5, 0.6) is 5.75 Å². The van der Waals surface area contributed by atoms with Gasteiger partial charge in [-0.15, -0.1) is 0 Å². The maximum Gasteiger partial charge on any atom is 0.416 e. The van der Waals surface area contributed by atoms with Gasteiger partial charge < -0.3 is 10.4 Å². The standard InChI is InChI=1S/C14H11F3N2O2/c15-14(16,17)10-4-1-3-9(7-10)8-12(21)19-13-11(20)5-2-6-18-13/h1-7,20H,8H2,(H,18,19,21). The van der Waals surface area contributed by atoms with Gasteiger partial charge in [0, 0.05) is 6.20 Å². The van der Waals surface area contributed by atoms with Crippen molar-refractivity contribution in [2.45, 2.75) is 12.6 Å². The van der Waals surface area contributed by atoms with E-state index < -0.39 is 17.6 Å². The molecule has 0 fully saturated rings. The lowest BCUT2D eigenvalue weighted by Gasteiger charge is -2.09. The summed E-state index contributed by atoms with van der Waals surface area (Å²) >= 11 is 0. The summed E-state index contributed by atoms with van der Waals surface area (Å²) in [4.78, 5) is 15.5. The number of amides is 1. The topological polar surface area (TPSA) is 62.2 Å². The lowest BCUT2D eigenvalue weighted by molar-refractivity contribution is -0.137. The Morgan fingerprint density at radius 2 is 2.00 bits per heavy atom. The SMILES string of the molecule is O=C(Cc1cccc(C(F)(F)F)c1)Nc1ncccc1O. The number of benzene rings is 1. The molecule has 7 heteroatoms. The smallest absolute Gasteiger partial charge is 0.416 e. The van der Waals surface area contributed by atoms with E-state index in [0.717, 1.165) is 12.1 Å². The summed E-state index contributed by atoms with van der Waals surface area (Å²) in [5, 5.41) is 11.8. The van der Waals surface area contributed by atoms with E-state index in [4.69, 9.17) is 0 Å². The van der Waals surface area contributed by atoms with Crippen molar-refractivity contribution in [2.75, 3.05) is 5.32 Å². The van der Waals surface area contributed by atoms with Crippen LogP contribution < -0.4 is 5.32 Å². The van der Waals surface area contributed by atoms with Crippen molar-refractivity contribution >= 4 is 11.7 Å². The fraction of sp³-hybridized carbons (Fsp3) is 0.143. The first kappa shape index (κ1) is 14.8. The molecule has 0 saturated heterocycles. The predicted octanol–water partition coefficient (Wildman–Crippen LogP) is 2.99. The summed E-state index contributed by atoms with van der Waals surface area (Å²) in [6.45, 7) is 0. The number of carbonyl (C=O) groups is 1. The molecular formula is C14H11F3N2O2. The van der Waals surface area contributed by atoms with Crippen LogP contribution in [0.2, 0.25) is 0 Å². The molecule has 1 heterocycles. The van der Waals surface area contributed by atoms with Crippen molar-refractivity contribution in [3.05, 3.63) is 53.7 Å². The average molecular weight is 296 g/mol. The number of alkyl halides is 3. The zero-order valence-electron chi connectivity index (χ0n) is 10.7. The lowest BCUT2D eigenvalue weighted by Crippen LogP contribution is -2.16. The van der Waals surface area contributed by atoms with Crippen LogP contribution in [0.3, 0.4) is 0 Å². The first-order valence-electron chi connectivity index (χ1n) is 5.96. The van der Waals surface area contributed by atoms with Crippen molar-refractivity contribution in [2.24, 2.45) is 0 Å². The summed E-state index contributed by atoms with van der Waals surface area (Å²) < 4.78 is 37.7. The molecule has 2 N–H and O–H groups in total. The second-order valence-corrected chi connectivity index (χ2v) is 4.29. The second-order valence-electron chi connectivity index (χ2n) is 4.29. The van der Waals surface area contributed by atoms with Crippen molar-refractivity contribution in [1.29, 1.82) is 0 Å². The lowest BCUT2D eigenvalue weighted by atomic mass is 10.1. The highest BCUT2D eigenvalue weighted by Crippen LogP contribution is 2.29. The van der Waals surface area contributed by atoms with E-state index in [0.29, 0.717) is 0 Å². The number of rotatable bonds is 3. The number of nitrogens with zero attached hydrogens (tertiary/aromatic N) is 1. The van der Waals surface area contributed by atoms with Crippen LogP contribution in [0, 0.1) is 0 Å². The van der Waals surface area contributed by atoms with Gasteiger partial charge in [0.2, 0.25) is 5.91 Å². The van der Waals surface area contributed by atoms with Gasteiger partial charge in [-0.3, -0.25) is 4.79 Å². The van der Waals surface area contributed by atoms with E-state index >= 15 is 0 Å². The Hall–Kier alpha value is -2.57. The van der Waals surface area contributed by atoms with Crippen molar-refractivity contribution in [3.63, 3.8) is 0 Å². The van der Waals surface area contributed by atoms with Gasteiger partial charge in [-0.2, -0.15) is 13.2 Å². The minimum Gasteiger partial charge on any atom is -0.504 e. The van der Waals surface area contributed by atoms with E-state index in [9.17, 15) is 23.1 Å². The summed E-state index contributed by atoms with van der Waals surface area (Å²) in [6, 6.07) is 7.34. The molecular weight excluding hydrogens is 285 g/mol. The van der Waals surface area contributed by atoms with Crippen molar-refractivity contribution in [1.82, 2.24) is 4.98 Å². The Bertz CT molecular complexity index is 657. The molecule has 110 valence electrons. The molecule has 0 aliphatic carbocycles. The van der Waals surface area contributed by atoms with Gasteiger partial charge in [-0.25, -0.2) is 4.98 Å². The maximum absolute atomic E-state index is 12.6. The summed E-state index contributed by atoms with van der Waals surface area (Å²) in [6.07, 6.45) is -3.33. The Kier molecular flexibility index (Phi) is 4.11. The number of aromatic nitrogens is 1. The number of hydrogen-bond acceptors (Lipinski definition) is 3. The van der Waals surface area contributed by atoms with Gasteiger partial charge in [0.25, 0.3) is 0 Å². The fourth-order valence-electron chi connectivity index (χ4n) is 1.71. The van der Waals surface area contributed by atoms with Gasteiger partial charge in [-0.1, -0.05) is 18.2 Å². The molecule has 21 heavy (non-hydrogen) atoms. The Morgan fingerprint density at radius 3 is 2.67 bits per heavy atom. The second kappa shape index (κ2) is 5.82. The molecule has 0 aliphatic heterocycles. The number of pyridine rings is 1. The van der Waals surface area contributed by atoms with Crippen LogP contribution in [-0.4, -0.2) is 16.0 Å². The van der Waals surface area contributed by atoms with Gasteiger partial charge >= 0.3 is 6.18 Å². The fourth-order valence-corrected chi connectivity index (χ4v) is 1.71. The van der Waals surface area contributed by atoms with Gasteiger partial charge in [0.1, 0.15) is 0 Å². The number of halogens is 3. The van der Waals surface area contributed by atoms with Gasteiger partial charge in [0.15, 0.2) is 11.6 Å². The predicted molar refractivity (Wildman–Crippen MR) is 69.7 cm³/mol. The highest BCUT2D eigenvalue weighted by Gasteiger charge is 2.30. The maximum atomic E-state index is 12.6. The highest BCUT2D eigenvalue weighted by atomic mass is 19.4. The third-order valence-corrected chi connectivity index (χ3v) is 2.66. The molecule has 2 aromatic rings. The van der Waals surface area contributed by atoms with Crippen LogP contribution in [0.1, 0.15) is 11.1 Å². The van der Waals surface area contributed by atoms with Crippen LogP contribution in [0.4, 0.5) is 19.0 Å². The van der Waals surface area contributed by atoms with Crippen molar-refractivity contribution in [3.8, 4) is 5.75 Å².